The highest BCUT2D eigenvalue weighted by Gasteiger charge is 2.20. The van der Waals surface area contributed by atoms with Gasteiger partial charge in [-0.05, 0) is 98.7 Å². The first-order valence-corrected chi connectivity index (χ1v) is 16.1. The number of anilines is 3. The molecule has 0 fully saturated rings. The molecule has 0 saturated heterocycles. The Hall–Kier alpha value is -6.38. The third-order valence-corrected chi connectivity index (χ3v) is 9.59. The molecule has 0 saturated carbocycles. The molecule has 48 heavy (non-hydrogen) atoms. The van der Waals surface area contributed by atoms with Crippen LogP contribution in [0.25, 0.3) is 70.9 Å². The lowest BCUT2D eigenvalue weighted by Gasteiger charge is -2.25. The van der Waals surface area contributed by atoms with Gasteiger partial charge in [0.15, 0.2) is 0 Å². The minimum atomic E-state index is -0.403. The summed E-state index contributed by atoms with van der Waals surface area (Å²) in [6.07, 6.45) is 0. The van der Waals surface area contributed by atoms with Crippen LogP contribution in [0.1, 0.15) is 6.85 Å². The topological polar surface area (TPSA) is 8.17 Å². The van der Waals surface area contributed by atoms with Crippen molar-refractivity contribution in [2.75, 3.05) is 4.90 Å². The Kier molecular flexibility index (Phi) is 4.89. The Morgan fingerprint density at radius 2 is 1.06 bits per heavy atom. The second kappa shape index (κ2) is 10.6. The van der Waals surface area contributed by atoms with E-state index in [1.165, 1.54) is 0 Å². The Morgan fingerprint density at radius 3 is 1.81 bits per heavy atom. The lowest BCUT2D eigenvalue weighted by molar-refractivity contribution is 1.19. The summed E-state index contributed by atoms with van der Waals surface area (Å²) in [5.41, 5.74) is 7.22. The standard InChI is InChI=1S/C46H30N2/c1-4-12-34(13-5-1)47(35-14-6-2-7-15-35)37-25-22-31(23-26-37)38-27-24-32-20-21-33-30-42-39-18-10-11-19-43(39)48(36-16-8-3-9-17-36)46(42)41-29-28-40(38)44(32)45(33)41/h1-30H/i3D,8D,9D,16D,17D. The molecule has 0 bridgehead atoms. The monoisotopic (exact) mass is 615 g/mol. The fourth-order valence-corrected chi connectivity index (χ4v) is 7.56. The minimum Gasteiger partial charge on any atom is -0.311 e. The van der Waals surface area contributed by atoms with E-state index in [-0.39, 0.29) is 29.9 Å². The molecule has 1 aromatic heterocycles. The van der Waals surface area contributed by atoms with Gasteiger partial charge in [-0.2, -0.15) is 0 Å². The van der Waals surface area contributed by atoms with Gasteiger partial charge in [-0.25, -0.2) is 0 Å². The zero-order valence-corrected chi connectivity index (χ0v) is 25.8. The normalized spacial score (nSPS) is 13.2. The molecule has 2 nitrogen and oxygen atoms in total. The van der Waals surface area contributed by atoms with Crippen LogP contribution in [0.2, 0.25) is 0 Å². The van der Waals surface area contributed by atoms with Gasteiger partial charge < -0.3 is 9.47 Å². The maximum atomic E-state index is 8.94. The van der Waals surface area contributed by atoms with E-state index in [0.717, 1.165) is 82.3 Å². The molecule has 0 aliphatic carbocycles. The Labute approximate surface area is 285 Å². The maximum absolute atomic E-state index is 8.94. The summed E-state index contributed by atoms with van der Waals surface area (Å²) in [5.74, 6) is 0. The summed E-state index contributed by atoms with van der Waals surface area (Å²) in [5, 5.41) is 8.44. The number of benzene rings is 9. The van der Waals surface area contributed by atoms with E-state index in [4.69, 9.17) is 6.85 Å². The van der Waals surface area contributed by atoms with Crippen molar-refractivity contribution in [3.8, 4) is 16.8 Å². The lowest BCUT2D eigenvalue weighted by Crippen LogP contribution is -2.09. The van der Waals surface area contributed by atoms with Crippen molar-refractivity contribution in [2.45, 2.75) is 0 Å². The number of hydrogen-bond acceptors (Lipinski definition) is 1. The highest BCUT2D eigenvalue weighted by molar-refractivity contribution is 6.32. The van der Waals surface area contributed by atoms with Gasteiger partial charge in [0.1, 0.15) is 0 Å². The molecule has 0 amide bonds. The zero-order valence-electron chi connectivity index (χ0n) is 30.8. The van der Waals surface area contributed by atoms with E-state index in [2.05, 4.69) is 120 Å². The molecule has 1 heterocycles. The SMILES string of the molecule is [2H]c1c([2H])c([2H])c(-n2c3ccccc3c3cc4ccc5ccc(-c6ccc(N(c7ccccc7)c7ccccc7)cc6)c6ccc(c4c56)c32)c([2H])c1[2H]. The Bertz CT molecular complexity index is 2980. The van der Waals surface area contributed by atoms with Crippen LogP contribution in [0.4, 0.5) is 17.1 Å². The van der Waals surface area contributed by atoms with Crippen molar-refractivity contribution in [1.82, 2.24) is 4.57 Å². The predicted molar refractivity (Wildman–Crippen MR) is 205 cm³/mol. The van der Waals surface area contributed by atoms with E-state index in [1.54, 1.807) is 0 Å². The summed E-state index contributed by atoms with van der Waals surface area (Å²) in [6, 6.07) is 51.1. The molecule has 9 aromatic carbocycles. The molecule has 0 atom stereocenters. The Balaban J connectivity index is 1.21. The van der Waals surface area contributed by atoms with Crippen LogP contribution in [0.5, 0.6) is 0 Å². The third-order valence-electron chi connectivity index (χ3n) is 9.59. The van der Waals surface area contributed by atoms with Gasteiger partial charge in [0.05, 0.1) is 17.9 Å². The fourth-order valence-electron chi connectivity index (χ4n) is 7.56. The lowest BCUT2D eigenvalue weighted by atomic mass is 9.89. The van der Waals surface area contributed by atoms with Gasteiger partial charge in [-0.3, -0.25) is 0 Å². The minimum absolute atomic E-state index is 0.151. The zero-order chi connectivity index (χ0) is 36.0. The molecule has 0 unspecified atom stereocenters. The van der Waals surface area contributed by atoms with E-state index in [0.29, 0.717) is 0 Å². The Morgan fingerprint density at radius 1 is 0.458 bits per heavy atom. The first-order chi connectivity index (χ1) is 25.9. The average Bonchev–Trinajstić information content (AvgIpc) is 3.53. The molecular formula is C46H30N2. The number of nitrogens with zero attached hydrogens (tertiary/aromatic N) is 2. The molecule has 0 radical (unpaired) electrons. The van der Waals surface area contributed by atoms with E-state index < -0.39 is 6.04 Å². The molecule has 0 aliphatic heterocycles. The van der Waals surface area contributed by atoms with Gasteiger partial charge in [0.25, 0.3) is 0 Å². The third kappa shape index (κ3) is 4.00. The first kappa shape index (κ1) is 22.2. The molecule has 2 heteroatoms. The van der Waals surface area contributed by atoms with Crippen molar-refractivity contribution in [3.05, 3.63) is 182 Å². The van der Waals surface area contributed by atoms with Crippen LogP contribution >= 0.6 is 0 Å². The average molecular weight is 616 g/mol. The van der Waals surface area contributed by atoms with E-state index >= 15 is 0 Å². The van der Waals surface area contributed by atoms with E-state index in [9.17, 15) is 0 Å². The van der Waals surface area contributed by atoms with Gasteiger partial charge in [0, 0.05) is 38.9 Å². The number of rotatable bonds is 5. The molecule has 10 rings (SSSR count). The van der Waals surface area contributed by atoms with Crippen molar-refractivity contribution in [1.29, 1.82) is 0 Å². The highest BCUT2D eigenvalue weighted by atomic mass is 15.1. The quantitative estimate of drug-likeness (QED) is 0.175. The van der Waals surface area contributed by atoms with Gasteiger partial charge >= 0.3 is 0 Å². The second-order valence-electron chi connectivity index (χ2n) is 12.2. The van der Waals surface area contributed by atoms with Gasteiger partial charge in [-0.15, -0.1) is 0 Å². The largest absolute Gasteiger partial charge is 0.311 e. The number of fused-ring (bicyclic) bond motifs is 4. The van der Waals surface area contributed by atoms with Crippen molar-refractivity contribution >= 4 is 71.2 Å². The van der Waals surface area contributed by atoms with Crippen molar-refractivity contribution in [2.24, 2.45) is 0 Å². The molecular weight excluding hydrogens is 581 g/mol. The molecule has 0 spiro atoms. The van der Waals surface area contributed by atoms with Gasteiger partial charge in [0.2, 0.25) is 0 Å². The van der Waals surface area contributed by atoms with Crippen LogP contribution in [-0.2, 0) is 0 Å². The fraction of sp³-hybridized carbons (Fsp3) is 0. The van der Waals surface area contributed by atoms with Crippen LogP contribution in [0.15, 0.2) is 182 Å². The van der Waals surface area contributed by atoms with Crippen molar-refractivity contribution in [3.63, 3.8) is 0 Å². The second-order valence-corrected chi connectivity index (χ2v) is 12.2. The van der Waals surface area contributed by atoms with Crippen LogP contribution in [-0.4, -0.2) is 4.57 Å². The summed E-state index contributed by atoms with van der Waals surface area (Å²) in [4.78, 5) is 2.26. The molecule has 10 aromatic rings. The van der Waals surface area contributed by atoms with E-state index in [1.807, 2.05) is 41.0 Å². The molecule has 224 valence electrons. The number of para-hydroxylation sites is 4. The van der Waals surface area contributed by atoms with Crippen LogP contribution in [0.3, 0.4) is 0 Å². The maximum Gasteiger partial charge on any atom is 0.0645 e. The smallest absolute Gasteiger partial charge is 0.0645 e. The van der Waals surface area contributed by atoms with Crippen LogP contribution < -0.4 is 4.90 Å². The summed E-state index contributed by atoms with van der Waals surface area (Å²) in [6.45, 7) is 0. The van der Waals surface area contributed by atoms with Crippen molar-refractivity contribution < 1.29 is 6.85 Å². The highest BCUT2D eigenvalue weighted by Crippen LogP contribution is 2.45. The first-order valence-electron chi connectivity index (χ1n) is 18.6. The van der Waals surface area contributed by atoms with Gasteiger partial charge in [-0.1, -0.05) is 121 Å². The summed E-state index contributed by atoms with van der Waals surface area (Å²) < 4.78 is 45.0. The number of hydrogen-bond donors (Lipinski definition) is 0. The number of aromatic nitrogens is 1. The summed E-state index contributed by atoms with van der Waals surface area (Å²) >= 11 is 0. The molecule has 0 aliphatic rings. The van der Waals surface area contributed by atoms with Crippen LogP contribution in [0, 0.1) is 0 Å². The molecule has 0 N–H and O–H groups in total. The predicted octanol–water partition coefficient (Wildman–Crippen LogP) is 12.8. The summed E-state index contributed by atoms with van der Waals surface area (Å²) in [7, 11) is 0.